The molecule has 132 valence electrons. The number of ether oxygens (including phenoxy) is 1. The van der Waals surface area contributed by atoms with Crippen LogP contribution in [0.3, 0.4) is 0 Å². The van der Waals surface area contributed by atoms with Gasteiger partial charge in [-0.25, -0.2) is 4.98 Å². The predicted molar refractivity (Wildman–Crippen MR) is 101 cm³/mol. The van der Waals surface area contributed by atoms with E-state index in [-0.39, 0.29) is 0 Å². The van der Waals surface area contributed by atoms with Crippen molar-refractivity contribution in [2.24, 2.45) is 0 Å². The van der Waals surface area contributed by atoms with Crippen LogP contribution in [0.2, 0.25) is 0 Å². The monoisotopic (exact) mass is 369 g/mol. The maximum Gasteiger partial charge on any atom is 0.164 e. The molecule has 6 nitrogen and oxygen atoms in total. The van der Waals surface area contributed by atoms with Crippen molar-refractivity contribution < 1.29 is 14.9 Å². The molecule has 3 heterocycles. The Kier molecular flexibility index (Phi) is 4.75. The molecule has 1 fully saturated rings. The van der Waals surface area contributed by atoms with E-state index in [0.29, 0.717) is 22.5 Å². The molecule has 0 radical (unpaired) electrons. The Hall–Kier alpha value is -0.980. The van der Waals surface area contributed by atoms with Crippen molar-refractivity contribution in [2.75, 3.05) is 19.5 Å². The SMILES string of the molecule is C=P(C)(C)CCC1O[C@@H](n2ccc3c(=S)[nH]c(C)nc32)[C@H](O)[C@@H]1O. The Morgan fingerprint density at radius 3 is 2.79 bits per heavy atom. The fraction of sp³-hybridized carbons (Fsp3) is 0.562. The van der Waals surface area contributed by atoms with Gasteiger partial charge in [-0.05, 0) is 38.9 Å². The number of aromatic amines is 1. The molecule has 0 bridgehead atoms. The molecule has 0 aliphatic carbocycles. The third-order valence-electron chi connectivity index (χ3n) is 4.33. The molecule has 0 saturated carbocycles. The second-order valence-corrected chi connectivity index (χ2v) is 11.8. The Morgan fingerprint density at radius 2 is 2.12 bits per heavy atom. The van der Waals surface area contributed by atoms with Crippen molar-refractivity contribution in [3.8, 4) is 0 Å². The van der Waals surface area contributed by atoms with Gasteiger partial charge in [0.15, 0.2) is 6.23 Å². The number of H-pyrrole nitrogens is 1. The highest BCUT2D eigenvalue weighted by Crippen LogP contribution is 2.40. The molecule has 24 heavy (non-hydrogen) atoms. The summed E-state index contributed by atoms with van der Waals surface area (Å²) < 4.78 is 8.34. The van der Waals surface area contributed by atoms with Crippen LogP contribution in [-0.2, 0) is 4.74 Å². The van der Waals surface area contributed by atoms with E-state index in [9.17, 15) is 10.2 Å². The van der Waals surface area contributed by atoms with Gasteiger partial charge in [0.05, 0.1) is 11.5 Å². The molecule has 0 amide bonds. The summed E-state index contributed by atoms with van der Waals surface area (Å²) >= 11 is 5.32. The molecule has 3 rings (SSSR count). The zero-order valence-electron chi connectivity index (χ0n) is 14.1. The number of aliphatic hydroxyl groups excluding tert-OH is 2. The van der Waals surface area contributed by atoms with Crippen LogP contribution in [0, 0.1) is 11.6 Å². The van der Waals surface area contributed by atoms with Crippen LogP contribution in [0.15, 0.2) is 12.3 Å². The topological polar surface area (TPSA) is 83.3 Å². The second-order valence-electron chi connectivity index (χ2n) is 7.11. The van der Waals surface area contributed by atoms with Gasteiger partial charge in [0.25, 0.3) is 0 Å². The molecular weight excluding hydrogens is 345 g/mol. The molecule has 1 saturated heterocycles. The Bertz CT molecular complexity index is 856. The summed E-state index contributed by atoms with van der Waals surface area (Å²) in [6.45, 7) is 4.92. The molecule has 1 aliphatic rings. The highest BCUT2D eigenvalue weighted by Gasteiger charge is 2.43. The quantitative estimate of drug-likeness (QED) is 0.568. The number of hydrogen-bond acceptors (Lipinski definition) is 5. The lowest BCUT2D eigenvalue weighted by atomic mass is 10.1. The summed E-state index contributed by atoms with van der Waals surface area (Å²) in [5.41, 5.74) is 0.651. The zero-order chi connectivity index (χ0) is 17.6. The van der Waals surface area contributed by atoms with Crippen LogP contribution in [0.5, 0.6) is 0 Å². The number of nitrogens with one attached hydrogen (secondary N) is 1. The van der Waals surface area contributed by atoms with Crippen molar-refractivity contribution in [2.45, 2.75) is 37.9 Å². The number of hydrogen-bond donors (Lipinski definition) is 3. The van der Waals surface area contributed by atoms with Gasteiger partial charge >= 0.3 is 0 Å². The number of nitrogens with zero attached hydrogens (tertiary/aromatic N) is 2. The minimum atomic E-state index is -1.21. The van der Waals surface area contributed by atoms with Crippen LogP contribution in [0.4, 0.5) is 0 Å². The van der Waals surface area contributed by atoms with Crippen LogP contribution < -0.4 is 0 Å². The molecule has 2 aromatic rings. The van der Waals surface area contributed by atoms with Gasteiger partial charge < -0.3 is 24.5 Å². The van der Waals surface area contributed by atoms with E-state index in [1.165, 1.54) is 0 Å². The number of aryl methyl sites for hydroxylation is 1. The van der Waals surface area contributed by atoms with E-state index in [1.807, 2.05) is 13.0 Å². The van der Waals surface area contributed by atoms with Crippen molar-refractivity contribution in [3.63, 3.8) is 0 Å². The van der Waals surface area contributed by atoms with Crippen molar-refractivity contribution in [1.29, 1.82) is 0 Å². The molecule has 1 unspecified atom stereocenters. The third kappa shape index (κ3) is 3.37. The fourth-order valence-corrected chi connectivity index (χ4v) is 4.29. The van der Waals surface area contributed by atoms with E-state index >= 15 is 0 Å². The third-order valence-corrected chi connectivity index (χ3v) is 6.12. The van der Waals surface area contributed by atoms with Gasteiger partial charge in [0.1, 0.15) is 28.3 Å². The molecule has 3 N–H and O–H groups in total. The Balaban J connectivity index is 1.90. The first-order valence-electron chi connectivity index (χ1n) is 7.94. The van der Waals surface area contributed by atoms with Gasteiger partial charge in [-0.1, -0.05) is 12.2 Å². The summed E-state index contributed by atoms with van der Waals surface area (Å²) in [4.78, 5) is 7.49. The lowest BCUT2D eigenvalue weighted by molar-refractivity contribution is -0.0350. The van der Waals surface area contributed by atoms with E-state index < -0.39 is 31.4 Å². The summed E-state index contributed by atoms with van der Waals surface area (Å²) in [6, 6.07) is 1.85. The van der Waals surface area contributed by atoms with Crippen molar-refractivity contribution >= 4 is 36.4 Å². The van der Waals surface area contributed by atoms with Crippen LogP contribution in [-0.4, -0.2) is 68.9 Å². The number of fused-ring (bicyclic) bond motifs is 1. The fourth-order valence-electron chi connectivity index (χ4n) is 3.03. The highest BCUT2D eigenvalue weighted by atomic mass is 32.1. The average Bonchev–Trinajstić information content (AvgIpc) is 3.00. The molecule has 8 heteroatoms. The molecule has 0 spiro atoms. The van der Waals surface area contributed by atoms with Crippen LogP contribution >= 0.6 is 19.1 Å². The lowest BCUT2D eigenvalue weighted by Crippen LogP contribution is -2.31. The van der Waals surface area contributed by atoms with Gasteiger partial charge in [0, 0.05) is 6.20 Å². The zero-order valence-corrected chi connectivity index (χ0v) is 15.8. The van der Waals surface area contributed by atoms with Gasteiger partial charge in [-0.2, -0.15) is 0 Å². The lowest BCUT2D eigenvalue weighted by Gasteiger charge is -2.19. The second kappa shape index (κ2) is 6.39. The summed E-state index contributed by atoms with van der Waals surface area (Å²) in [6.07, 6.45) is 4.58. The average molecular weight is 369 g/mol. The predicted octanol–water partition coefficient (Wildman–Crippen LogP) is 2.12. The van der Waals surface area contributed by atoms with Crippen LogP contribution in [0.1, 0.15) is 18.5 Å². The highest BCUT2D eigenvalue weighted by molar-refractivity contribution is 7.72. The maximum atomic E-state index is 10.5. The van der Waals surface area contributed by atoms with E-state index in [1.54, 1.807) is 10.8 Å². The molecule has 2 aromatic heterocycles. The maximum absolute atomic E-state index is 10.5. The minimum Gasteiger partial charge on any atom is -0.388 e. The molecule has 1 aliphatic heterocycles. The van der Waals surface area contributed by atoms with Crippen molar-refractivity contribution in [3.05, 3.63) is 22.7 Å². The van der Waals surface area contributed by atoms with Crippen molar-refractivity contribution in [1.82, 2.24) is 14.5 Å². The first-order chi connectivity index (χ1) is 11.2. The Morgan fingerprint density at radius 1 is 1.42 bits per heavy atom. The molecular formula is C16H24N3O3PS. The Labute approximate surface area is 146 Å². The standard InChI is InChI=1S/C16H24N3O3PS/c1-9-17-14-10(15(24)18-9)5-7-19(14)16-13(21)12(20)11(22-16)6-8-23(2,3)4/h5,7,11-13,16,20-21H,2,6,8H2,1,3-4H3,(H,17,18,24)/t11?,12-,13-,16-/m1/s1. The molecule has 0 aromatic carbocycles. The first kappa shape index (κ1) is 17.8. The molecule has 4 atom stereocenters. The number of rotatable bonds is 4. The normalized spacial score (nSPS) is 27.9. The van der Waals surface area contributed by atoms with E-state index in [2.05, 4.69) is 29.6 Å². The summed E-state index contributed by atoms with van der Waals surface area (Å²) in [7, 11) is 0. The summed E-state index contributed by atoms with van der Waals surface area (Å²) in [5.74, 6) is 0.695. The van der Waals surface area contributed by atoms with Gasteiger partial charge in [0.2, 0.25) is 0 Å². The number of aliphatic hydroxyl groups is 2. The van der Waals surface area contributed by atoms with E-state index in [4.69, 9.17) is 17.0 Å². The smallest absolute Gasteiger partial charge is 0.164 e. The van der Waals surface area contributed by atoms with E-state index in [0.717, 1.165) is 11.5 Å². The van der Waals surface area contributed by atoms with Crippen LogP contribution in [0.25, 0.3) is 11.0 Å². The minimum absolute atomic E-state index is 0.400. The van der Waals surface area contributed by atoms with Gasteiger partial charge in [-0.3, -0.25) is 0 Å². The van der Waals surface area contributed by atoms with Gasteiger partial charge in [-0.15, -0.1) is 13.2 Å². The number of aromatic nitrogens is 3. The summed E-state index contributed by atoms with van der Waals surface area (Å²) in [5, 5.41) is 21.6. The first-order valence-corrected chi connectivity index (χ1v) is 11.4. The largest absolute Gasteiger partial charge is 0.388 e.